The van der Waals surface area contributed by atoms with Crippen LogP contribution in [-0.4, -0.2) is 19.7 Å². The summed E-state index contributed by atoms with van der Waals surface area (Å²) in [7, 11) is 1.62. The van der Waals surface area contributed by atoms with Gasteiger partial charge in [-0.25, -0.2) is 4.79 Å². The molecule has 1 heterocycles. The number of carbonyl (C=O) groups is 1. The summed E-state index contributed by atoms with van der Waals surface area (Å²) >= 11 is 1.70. The number of urea groups is 1. The van der Waals surface area contributed by atoms with Crippen LogP contribution in [0.15, 0.2) is 54.2 Å². The number of aryl methyl sites for hydroxylation is 1. The number of amides is 2. The van der Waals surface area contributed by atoms with Crippen molar-refractivity contribution < 1.29 is 35.8 Å². The Bertz CT molecular complexity index is 1150. The van der Waals surface area contributed by atoms with Crippen molar-refractivity contribution in [2.24, 2.45) is 0 Å². The van der Waals surface area contributed by atoms with E-state index in [1.54, 1.807) is 24.5 Å². The van der Waals surface area contributed by atoms with E-state index in [1.165, 1.54) is 75.5 Å². The van der Waals surface area contributed by atoms with Gasteiger partial charge in [0.1, 0.15) is 0 Å². The predicted octanol–water partition coefficient (Wildman–Crippen LogP) is 6.13. The number of carbonyl (C=O) groups excluding carboxylic acids is 1. The second kappa shape index (κ2) is 20.3. The van der Waals surface area contributed by atoms with Crippen LogP contribution in [0.1, 0.15) is 94.4 Å². The maximum atomic E-state index is 12.8. The summed E-state index contributed by atoms with van der Waals surface area (Å²) in [6.45, 7) is 5.72. The van der Waals surface area contributed by atoms with Crippen LogP contribution in [0.3, 0.4) is 0 Å². The number of nitrogens with zero attached hydrogens (tertiary/aromatic N) is 1. The lowest BCUT2D eigenvalue weighted by Gasteiger charge is -2.14. The lowest BCUT2D eigenvalue weighted by Crippen LogP contribution is -3.00. The molecule has 8 heteroatoms. The number of thiazole rings is 1. The van der Waals surface area contributed by atoms with E-state index in [-0.39, 0.29) is 23.0 Å². The van der Waals surface area contributed by atoms with E-state index in [2.05, 4.69) is 40.8 Å². The van der Waals surface area contributed by atoms with Crippen molar-refractivity contribution in [3.8, 4) is 11.5 Å². The summed E-state index contributed by atoms with van der Waals surface area (Å²) < 4.78 is 13.7. The summed E-state index contributed by atoms with van der Waals surface area (Å²) in [4.78, 5) is 14.0. The van der Waals surface area contributed by atoms with E-state index >= 15 is 0 Å². The van der Waals surface area contributed by atoms with Crippen LogP contribution in [0.2, 0.25) is 0 Å². The van der Waals surface area contributed by atoms with E-state index in [0.717, 1.165) is 17.7 Å². The first kappa shape index (κ1) is 34.6. The van der Waals surface area contributed by atoms with Gasteiger partial charge in [0.15, 0.2) is 24.2 Å². The zero-order valence-electron chi connectivity index (χ0n) is 25.1. The monoisotopic (exact) mass is 645 g/mol. The molecule has 2 amide bonds. The van der Waals surface area contributed by atoms with Crippen LogP contribution in [-0.2, 0) is 6.54 Å². The summed E-state index contributed by atoms with van der Waals surface area (Å²) in [6.07, 6.45) is 17.9. The van der Waals surface area contributed by atoms with Gasteiger partial charge in [-0.2, -0.15) is 4.57 Å². The summed E-state index contributed by atoms with van der Waals surface area (Å²) in [6, 6.07) is 13.1. The molecule has 0 atom stereocenters. The van der Waals surface area contributed by atoms with Gasteiger partial charge in [0, 0.05) is 17.3 Å². The lowest BCUT2D eigenvalue weighted by molar-refractivity contribution is -0.683. The first-order chi connectivity index (χ1) is 19.6. The molecular formula is C33H48BrN3O3S. The zero-order valence-corrected chi connectivity index (χ0v) is 27.5. The summed E-state index contributed by atoms with van der Waals surface area (Å²) in [5.41, 5.74) is 4.55. The molecule has 1 aromatic heterocycles. The summed E-state index contributed by atoms with van der Waals surface area (Å²) in [5.74, 6) is 1.31. The Balaban J connectivity index is 0.00000588. The molecule has 41 heavy (non-hydrogen) atoms. The Morgan fingerprint density at radius 3 is 2.15 bits per heavy atom. The number of halogens is 1. The molecule has 226 valence electrons. The number of ether oxygens (including phenoxy) is 2. The zero-order chi connectivity index (χ0) is 28.4. The molecule has 6 nitrogen and oxygen atoms in total. The number of anilines is 2. The first-order valence-electron chi connectivity index (χ1n) is 15.0. The van der Waals surface area contributed by atoms with Gasteiger partial charge in [0.05, 0.1) is 24.3 Å². The minimum Gasteiger partial charge on any atom is -1.00 e. The Labute approximate surface area is 261 Å². The SMILES string of the molecule is CCCCCCCCCCCCCCOc1ccc(NC(=O)Nc2ccccc2C[n+]2csc(C)c2)cc1OC.[Br-]. The Morgan fingerprint density at radius 2 is 1.51 bits per heavy atom. The molecule has 0 radical (unpaired) electrons. The minimum absolute atomic E-state index is 0. The number of hydrogen-bond donors (Lipinski definition) is 2. The van der Waals surface area contributed by atoms with E-state index in [0.29, 0.717) is 30.3 Å². The Kier molecular flexibility index (Phi) is 17.2. The smallest absolute Gasteiger partial charge is 0.323 e. The molecule has 0 unspecified atom stereocenters. The second-order valence-electron chi connectivity index (χ2n) is 10.5. The number of aromatic nitrogens is 1. The number of hydrogen-bond acceptors (Lipinski definition) is 4. The van der Waals surface area contributed by atoms with Gasteiger partial charge in [-0.15, -0.1) is 0 Å². The Morgan fingerprint density at radius 1 is 0.854 bits per heavy atom. The standard InChI is InChI=1S/C33H47N3O3S.BrH/c1-4-5-6-7-8-9-10-11-12-13-14-17-22-39-31-21-20-29(23-32(31)38-3)34-33(37)35-30-19-16-15-18-28(30)25-36-24-27(2)40-26-36;/h15-16,18-21,23-24,26H,4-14,17,22,25H2,1-3H3,(H-,34,35,37);1H. The number of unbranched alkanes of at least 4 members (excludes halogenated alkanes) is 11. The fourth-order valence-electron chi connectivity index (χ4n) is 4.78. The van der Waals surface area contributed by atoms with Crippen molar-refractivity contribution in [1.82, 2.24) is 0 Å². The van der Waals surface area contributed by atoms with Crippen molar-refractivity contribution >= 4 is 28.7 Å². The van der Waals surface area contributed by atoms with Crippen molar-refractivity contribution in [3.05, 3.63) is 64.6 Å². The molecule has 2 aromatic carbocycles. The molecule has 0 bridgehead atoms. The van der Waals surface area contributed by atoms with Crippen molar-refractivity contribution in [3.63, 3.8) is 0 Å². The highest BCUT2D eigenvalue weighted by Gasteiger charge is 2.13. The van der Waals surface area contributed by atoms with Gasteiger partial charge < -0.3 is 37.1 Å². The maximum absolute atomic E-state index is 12.8. The Hall–Kier alpha value is -2.58. The van der Waals surface area contributed by atoms with Gasteiger partial charge in [-0.1, -0.05) is 107 Å². The largest absolute Gasteiger partial charge is 1.00 e. The second-order valence-corrected chi connectivity index (χ2v) is 11.6. The maximum Gasteiger partial charge on any atom is 0.323 e. The normalized spacial score (nSPS) is 10.6. The third kappa shape index (κ3) is 13.3. The van der Waals surface area contributed by atoms with Crippen LogP contribution < -0.4 is 41.7 Å². The van der Waals surface area contributed by atoms with E-state index in [9.17, 15) is 4.79 Å². The molecule has 0 saturated heterocycles. The molecule has 0 aliphatic carbocycles. The molecule has 0 saturated carbocycles. The van der Waals surface area contributed by atoms with Crippen molar-refractivity contribution in [2.45, 2.75) is 97.4 Å². The average molecular weight is 647 g/mol. The molecule has 3 rings (SSSR count). The first-order valence-corrected chi connectivity index (χ1v) is 15.9. The van der Waals surface area contributed by atoms with Crippen LogP contribution in [0.25, 0.3) is 0 Å². The van der Waals surface area contributed by atoms with Crippen LogP contribution in [0.5, 0.6) is 11.5 Å². The van der Waals surface area contributed by atoms with Crippen molar-refractivity contribution in [2.75, 3.05) is 24.4 Å². The highest BCUT2D eigenvalue weighted by Crippen LogP contribution is 2.30. The molecule has 0 aliphatic heterocycles. The predicted molar refractivity (Wildman–Crippen MR) is 167 cm³/mol. The van der Waals surface area contributed by atoms with Gasteiger partial charge in [0.2, 0.25) is 5.51 Å². The average Bonchev–Trinajstić information content (AvgIpc) is 3.37. The number of rotatable bonds is 19. The molecular weight excluding hydrogens is 598 g/mol. The van der Waals surface area contributed by atoms with Gasteiger partial charge in [0.25, 0.3) is 0 Å². The third-order valence-corrected chi connectivity index (χ3v) is 7.87. The minimum atomic E-state index is -0.300. The molecule has 2 N–H and O–H groups in total. The lowest BCUT2D eigenvalue weighted by atomic mass is 10.1. The molecule has 0 spiro atoms. The van der Waals surface area contributed by atoms with E-state index < -0.39 is 0 Å². The molecule has 0 aliphatic rings. The van der Waals surface area contributed by atoms with Gasteiger partial charge in [-0.05, 0) is 31.5 Å². The van der Waals surface area contributed by atoms with Gasteiger partial charge >= 0.3 is 6.03 Å². The van der Waals surface area contributed by atoms with Crippen molar-refractivity contribution in [1.29, 1.82) is 0 Å². The fraction of sp³-hybridized carbons (Fsp3) is 0.515. The number of nitrogens with one attached hydrogen (secondary N) is 2. The van der Waals surface area contributed by atoms with Crippen LogP contribution in [0.4, 0.5) is 16.2 Å². The number of benzene rings is 2. The number of methoxy groups -OCH3 is 1. The van der Waals surface area contributed by atoms with Gasteiger partial charge in [-0.3, -0.25) is 0 Å². The number of para-hydroxylation sites is 1. The van der Waals surface area contributed by atoms with Crippen LogP contribution in [0, 0.1) is 6.92 Å². The third-order valence-electron chi connectivity index (χ3n) is 7.02. The molecule has 3 aromatic rings. The topological polar surface area (TPSA) is 63.5 Å². The van der Waals surface area contributed by atoms with E-state index in [4.69, 9.17) is 9.47 Å². The molecule has 0 fully saturated rings. The highest BCUT2D eigenvalue weighted by molar-refractivity contribution is 7.09. The fourth-order valence-corrected chi connectivity index (χ4v) is 5.41. The van der Waals surface area contributed by atoms with E-state index in [1.807, 2.05) is 36.4 Å². The van der Waals surface area contributed by atoms with Crippen LogP contribution >= 0.6 is 11.3 Å². The highest BCUT2D eigenvalue weighted by atomic mass is 79.9. The summed E-state index contributed by atoms with van der Waals surface area (Å²) in [5, 5.41) is 5.90. The quantitative estimate of drug-likeness (QED) is 0.122.